The summed E-state index contributed by atoms with van der Waals surface area (Å²) in [6.07, 6.45) is 0. The molecule has 11 heavy (non-hydrogen) atoms. The lowest BCUT2D eigenvalue weighted by atomic mass is 10.2. The molecule has 4 nitrogen and oxygen atoms in total. The first-order chi connectivity index (χ1) is 5.11. The summed E-state index contributed by atoms with van der Waals surface area (Å²) in [5, 5.41) is 8.95. The highest BCUT2D eigenvalue weighted by molar-refractivity contribution is 5.94. The second-order valence-electron chi connectivity index (χ2n) is 2.14. The number of anilines is 1. The SMILES string of the molecule is NC(=O)c1ccc(O)c(N)c1. The van der Waals surface area contributed by atoms with Gasteiger partial charge in [-0.3, -0.25) is 4.79 Å². The number of amides is 1. The van der Waals surface area contributed by atoms with Crippen LogP contribution in [0.1, 0.15) is 10.4 Å². The standard InChI is InChI=1S/C7H8N2O2/c8-5-3-4(7(9)11)1-2-6(5)10/h1-3,10H,8H2,(H2,9,11). The zero-order chi connectivity index (χ0) is 8.43. The lowest BCUT2D eigenvalue weighted by Gasteiger charge is -1.99. The van der Waals surface area contributed by atoms with Gasteiger partial charge in [0.25, 0.3) is 0 Å². The summed E-state index contributed by atoms with van der Waals surface area (Å²) in [4.78, 5) is 10.5. The maximum Gasteiger partial charge on any atom is 0.248 e. The summed E-state index contributed by atoms with van der Waals surface area (Å²) in [6, 6.07) is 4.07. The Kier molecular flexibility index (Phi) is 1.68. The predicted octanol–water partition coefficient (Wildman–Crippen LogP) is 0.0733. The Morgan fingerprint density at radius 2 is 2.09 bits per heavy atom. The van der Waals surface area contributed by atoms with E-state index in [9.17, 15) is 4.79 Å². The maximum atomic E-state index is 10.5. The topological polar surface area (TPSA) is 89.3 Å². The van der Waals surface area contributed by atoms with Gasteiger partial charge in [-0.25, -0.2) is 0 Å². The highest BCUT2D eigenvalue weighted by Crippen LogP contribution is 2.19. The van der Waals surface area contributed by atoms with E-state index in [4.69, 9.17) is 16.6 Å². The van der Waals surface area contributed by atoms with Crippen molar-refractivity contribution in [2.24, 2.45) is 5.73 Å². The Labute approximate surface area is 63.4 Å². The van der Waals surface area contributed by atoms with Crippen LogP contribution in [0.2, 0.25) is 0 Å². The number of benzene rings is 1. The third kappa shape index (κ3) is 1.40. The lowest BCUT2D eigenvalue weighted by Crippen LogP contribution is -2.10. The van der Waals surface area contributed by atoms with Crippen molar-refractivity contribution in [2.75, 3.05) is 5.73 Å². The number of carbonyl (C=O) groups excluding carboxylic acids is 1. The van der Waals surface area contributed by atoms with E-state index in [1.807, 2.05) is 0 Å². The van der Waals surface area contributed by atoms with E-state index in [1.54, 1.807) is 0 Å². The van der Waals surface area contributed by atoms with Gasteiger partial charge in [0, 0.05) is 5.56 Å². The van der Waals surface area contributed by atoms with Crippen LogP contribution in [0.3, 0.4) is 0 Å². The normalized spacial score (nSPS) is 9.45. The highest BCUT2D eigenvalue weighted by Gasteiger charge is 2.02. The van der Waals surface area contributed by atoms with Gasteiger partial charge in [-0.05, 0) is 18.2 Å². The molecule has 0 bridgehead atoms. The first-order valence-electron chi connectivity index (χ1n) is 2.99. The van der Waals surface area contributed by atoms with Gasteiger partial charge in [-0.15, -0.1) is 0 Å². The number of phenolic OH excluding ortho intramolecular Hbond substituents is 1. The number of rotatable bonds is 1. The van der Waals surface area contributed by atoms with Gasteiger partial charge in [0.2, 0.25) is 5.91 Å². The molecule has 0 fully saturated rings. The minimum atomic E-state index is -0.559. The van der Waals surface area contributed by atoms with Crippen molar-refractivity contribution >= 4 is 11.6 Å². The van der Waals surface area contributed by atoms with Gasteiger partial charge in [0.05, 0.1) is 5.69 Å². The first-order valence-corrected chi connectivity index (χ1v) is 2.99. The lowest BCUT2D eigenvalue weighted by molar-refractivity contribution is 0.100. The molecule has 0 saturated heterocycles. The van der Waals surface area contributed by atoms with Crippen LogP contribution in [-0.2, 0) is 0 Å². The van der Waals surface area contributed by atoms with Crippen LogP contribution in [0.25, 0.3) is 0 Å². The molecule has 1 amide bonds. The molecular formula is C7H8N2O2. The molecule has 0 aromatic heterocycles. The fourth-order valence-corrected chi connectivity index (χ4v) is 0.708. The van der Waals surface area contributed by atoms with Gasteiger partial charge in [-0.1, -0.05) is 0 Å². The van der Waals surface area contributed by atoms with Crippen LogP contribution in [0.15, 0.2) is 18.2 Å². The average molecular weight is 152 g/mol. The van der Waals surface area contributed by atoms with E-state index in [2.05, 4.69) is 0 Å². The van der Waals surface area contributed by atoms with E-state index in [0.717, 1.165) is 0 Å². The third-order valence-corrected chi connectivity index (χ3v) is 1.31. The molecular weight excluding hydrogens is 144 g/mol. The minimum Gasteiger partial charge on any atom is -0.506 e. The summed E-state index contributed by atoms with van der Waals surface area (Å²) in [6.45, 7) is 0. The summed E-state index contributed by atoms with van der Waals surface area (Å²) >= 11 is 0. The molecule has 0 atom stereocenters. The van der Waals surface area contributed by atoms with E-state index in [-0.39, 0.29) is 11.4 Å². The van der Waals surface area contributed by atoms with Crippen LogP contribution < -0.4 is 11.5 Å². The molecule has 0 saturated carbocycles. The molecule has 0 unspecified atom stereocenters. The fraction of sp³-hybridized carbons (Fsp3) is 0. The Morgan fingerprint density at radius 3 is 2.55 bits per heavy atom. The van der Waals surface area contributed by atoms with E-state index in [1.165, 1.54) is 18.2 Å². The number of nitrogens with two attached hydrogens (primary N) is 2. The molecule has 1 rings (SSSR count). The van der Waals surface area contributed by atoms with Crippen molar-refractivity contribution in [1.82, 2.24) is 0 Å². The highest BCUT2D eigenvalue weighted by atomic mass is 16.3. The molecule has 0 radical (unpaired) electrons. The van der Waals surface area contributed by atoms with Gasteiger partial charge in [0.15, 0.2) is 0 Å². The number of aromatic hydroxyl groups is 1. The molecule has 4 heteroatoms. The van der Waals surface area contributed by atoms with Crippen LogP contribution in [0, 0.1) is 0 Å². The molecule has 0 aliphatic heterocycles. The maximum absolute atomic E-state index is 10.5. The summed E-state index contributed by atoms with van der Waals surface area (Å²) < 4.78 is 0. The average Bonchev–Trinajstić information content (AvgIpc) is 1.94. The van der Waals surface area contributed by atoms with E-state index in [0.29, 0.717) is 5.56 Å². The van der Waals surface area contributed by atoms with Crippen LogP contribution in [-0.4, -0.2) is 11.0 Å². The van der Waals surface area contributed by atoms with E-state index < -0.39 is 5.91 Å². The number of phenols is 1. The Bertz CT molecular complexity index is 296. The molecule has 1 aromatic carbocycles. The Balaban J connectivity index is 3.15. The summed E-state index contributed by atoms with van der Waals surface area (Å²) in [5.41, 5.74) is 10.7. The van der Waals surface area contributed by atoms with E-state index >= 15 is 0 Å². The first kappa shape index (κ1) is 7.40. The number of primary amides is 1. The zero-order valence-corrected chi connectivity index (χ0v) is 5.74. The second-order valence-corrected chi connectivity index (χ2v) is 2.14. The zero-order valence-electron chi connectivity index (χ0n) is 5.74. The molecule has 0 aliphatic rings. The van der Waals surface area contributed by atoms with Crippen molar-refractivity contribution in [3.05, 3.63) is 23.8 Å². The second kappa shape index (κ2) is 2.49. The number of hydrogen-bond acceptors (Lipinski definition) is 3. The quantitative estimate of drug-likeness (QED) is 0.393. The van der Waals surface area contributed by atoms with Crippen LogP contribution in [0.5, 0.6) is 5.75 Å². The van der Waals surface area contributed by atoms with Gasteiger partial charge in [-0.2, -0.15) is 0 Å². The molecule has 0 heterocycles. The predicted molar refractivity (Wildman–Crippen MR) is 41.0 cm³/mol. The van der Waals surface area contributed by atoms with Gasteiger partial charge >= 0.3 is 0 Å². The van der Waals surface area contributed by atoms with Crippen molar-refractivity contribution < 1.29 is 9.90 Å². The number of carbonyl (C=O) groups is 1. The molecule has 1 aromatic rings. The van der Waals surface area contributed by atoms with Crippen LogP contribution in [0.4, 0.5) is 5.69 Å². The molecule has 0 aliphatic carbocycles. The van der Waals surface area contributed by atoms with Crippen molar-refractivity contribution in [2.45, 2.75) is 0 Å². The smallest absolute Gasteiger partial charge is 0.248 e. The van der Waals surface area contributed by atoms with Crippen LogP contribution >= 0.6 is 0 Å². The number of hydrogen-bond donors (Lipinski definition) is 3. The largest absolute Gasteiger partial charge is 0.506 e. The van der Waals surface area contributed by atoms with Crippen molar-refractivity contribution in [1.29, 1.82) is 0 Å². The molecule has 5 N–H and O–H groups in total. The Hall–Kier alpha value is -1.71. The number of nitrogen functional groups attached to an aromatic ring is 1. The van der Waals surface area contributed by atoms with Crippen molar-refractivity contribution in [3.63, 3.8) is 0 Å². The molecule has 0 spiro atoms. The third-order valence-electron chi connectivity index (χ3n) is 1.31. The summed E-state index contributed by atoms with van der Waals surface area (Å²) in [7, 11) is 0. The Morgan fingerprint density at radius 1 is 1.45 bits per heavy atom. The monoisotopic (exact) mass is 152 g/mol. The van der Waals surface area contributed by atoms with Gasteiger partial charge < -0.3 is 16.6 Å². The van der Waals surface area contributed by atoms with Gasteiger partial charge in [0.1, 0.15) is 5.75 Å². The van der Waals surface area contributed by atoms with Crippen molar-refractivity contribution in [3.8, 4) is 5.75 Å². The molecule has 58 valence electrons. The fourth-order valence-electron chi connectivity index (χ4n) is 0.708. The summed E-state index contributed by atoms with van der Waals surface area (Å²) in [5.74, 6) is -0.605. The minimum absolute atomic E-state index is 0.0463.